The average Bonchev–Trinajstić information content (AvgIpc) is 2.80. The second kappa shape index (κ2) is 5.14. The van der Waals surface area contributed by atoms with E-state index in [-0.39, 0.29) is 5.91 Å². The Morgan fingerprint density at radius 1 is 1.50 bits per heavy atom. The number of nitrogens with one attached hydrogen (secondary N) is 1. The maximum absolute atomic E-state index is 12.4. The van der Waals surface area contributed by atoms with Gasteiger partial charge >= 0.3 is 0 Å². The first-order valence-electron chi connectivity index (χ1n) is 7.03. The van der Waals surface area contributed by atoms with Crippen molar-refractivity contribution in [1.29, 1.82) is 0 Å². The van der Waals surface area contributed by atoms with Crippen molar-refractivity contribution in [1.82, 2.24) is 4.98 Å². The number of rotatable bonds is 2. The molecule has 1 saturated carbocycles. The van der Waals surface area contributed by atoms with E-state index in [1.54, 1.807) is 0 Å². The summed E-state index contributed by atoms with van der Waals surface area (Å²) in [4.78, 5) is 16.9. The lowest BCUT2D eigenvalue weighted by molar-refractivity contribution is -0.122. The number of anilines is 1. The number of nitrogens with two attached hydrogens (primary N) is 1. The maximum Gasteiger partial charge on any atom is 0.246 e. The molecule has 1 aliphatic carbocycles. The molecule has 1 amide bonds. The molecule has 3 rings (SSSR count). The SMILES string of the molecule is CC1CCCC(N)(C(=O)Nc2nc3ccccc3s2)C1. The van der Waals surface area contributed by atoms with Crippen LogP contribution in [0.5, 0.6) is 0 Å². The molecule has 106 valence electrons. The largest absolute Gasteiger partial charge is 0.317 e. The van der Waals surface area contributed by atoms with Crippen LogP contribution in [0.4, 0.5) is 5.13 Å². The Balaban J connectivity index is 1.78. The number of para-hydroxylation sites is 1. The summed E-state index contributed by atoms with van der Waals surface area (Å²) in [6, 6.07) is 7.87. The highest BCUT2D eigenvalue weighted by Gasteiger charge is 2.38. The summed E-state index contributed by atoms with van der Waals surface area (Å²) >= 11 is 1.49. The van der Waals surface area contributed by atoms with Gasteiger partial charge in [-0.05, 0) is 30.9 Å². The zero-order valence-corrected chi connectivity index (χ0v) is 12.4. The lowest BCUT2D eigenvalue weighted by atomic mass is 9.76. The summed E-state index contributed by atoms with van der Waals surface area (Å²) in [5, 5.41) is 3.54. The Morgan fingerprint density at radius 2 is 2.30 bits per heavy atom. The van der Waals surface area contributed by atoms with Crippen molar-refractivity contribution < 1.29 is 4.79 Å². The van der Waals surface area contributed by atoms with E-state index >= 15 is 0 Å². The van der Waals surface area contributed by atoms with Crippen molar-refractivity contribution in [3.8, 4) is 0 Å². The standard InChI is InChI=1S/C15H19N3OS/c1-10-5-4-8-15(16,9-10)13(19)18-14-17-11-6-2-3-7-12(11)20-14/h2-3,6-7,10H,4-5,8-9,16H2,1H3,(H,17,18,19). The summed E-state index contributed by atoms with van der Waals surface area (Å²) in [6.07, 6.45) is 3.69. The molecule has 2 unspecified atom stereocenters. The normalized spacial score (nSPS) is 26.6. The van der Waals surface area contributed by atoms with E-state index in [1.165, 1.54) is 11.3 Å². The number of nitrogens with zero attached hydrogens (tertiary/aromatic N) is 1. The van der Waals surface area contributed by atoms with Gasteiger partial charge in [-0.1, -0.05) is 43.2 Å². The molecule has 3 N–H and O–H groups in total. The molecule has 1 aliphatic rings. The number of benzene rings is 1. The Morgan fingerprint density at radius 3 is 3.05 bits per heavy atom. The summed E-state index contributed by atoms with van der Waals surface area (Å²) < 4.78 is 1.07. The molecule has 1 aromatic heterocycles. The third-order valence-electron chi connectivity index (χ3n) is 4.00. The second-order valence-electron chi connectivity index (χ2n) is 5.80. The van der Waals surface area contributed by atoms with Crippen molar-refractivity contribution in [3.63, 3.8) is 0 Å². The highest BCUT2D eigenvalue weighted by Crippen LogP contribution is 2.32. The van der Waals surface area contributed by atoms with E-state index in [4.69, 9.17) is 5.73 Å². The fourth-order valence-electron chi connectivity index (χ4n) is 2.95. The first kappa shape index (κ1) is 13.5. The van der Waals surface area contributed by atoms with Crippen LogP contribution in [0.15, 0.2) is 24.3 Å². The molecular weight excluding hydrogens is 270 g/mol. The molecule has 4 nitrogen and oxygen atoms in total. The van der Waals surface area contributed by atoms with Crippen LogP contribution in [0.2, 0.25) is 0 Å². The molecule has 0 bridgehead atoms. The van der Waals surface area contributed by atoms with Crippen molar-refractivity contribution in [3.05, 3.63) is 24.3 Å². The van der Waals surface area contributed by atoms with Crippen LogP contribution < -0.4 is 11.1 Å². The highest BCUT2D eigenvalue weighted by atomic mass is 32.1. The first-order valence-corrected chi connectivity index (χ1v) is 7.84. The van der Waals surface area contributed by atoms with Gasteiger partial charge in [-0.15, -0.1) is 0 Å². The number of hydrogen-bond acceptors (Lipinski definition) is 4. The van der Waals surface area contributed by atoms with Gasteiger partial charge in [0.15, 0.2) is 5.13 Å². The molecule has 5 heteroatoms. The van der Waals surface area contributed by atoms with Crippen LogP contribution >= 0.6 is 11.3 Å². The summed E-state index contributed by atoms with van der Waals surface area (Å²) in [5.74, 6) is 0.415. The van der Waals surface area contributed by atoms with Crippen LogP contribution in [0.25, 0.3) is 10.2 Å². The van der Waals surface area contributed by atoms with E-state index in [0.29, 0.717) is 11.0 Å². The molecule has 20 heavy (non-hydrogen) atoms. The van der Waals surface area contributed by atoms with Crippen LogP contribution in [0.3, 0.4) is 0 Å². The second-order valence-corrected chi connectivity index (χ2v) is 6.83. The Bertz CT molecular complexity index is 606. The van der Waals surface area contributed by atoms with E-state index in [2.05, 4.69) is 17.2 Å². The number of carbonyl (C=O) groups excluding carboxylic acids is 1. The van der Waals surface area contributed by atoms with Gasteiger partial charge in [0.05, 0.1) is 15.8 Å². The van der Waals surface area contributed by atoms with Crippen molar-refractivity contribution in [2.24, 2.45) is 11.7 Å². The molecule has 1 heterocycles. The van der Waals surface area contributed by atoms with Crippen LogP contribution in [-0.4, -0.2) is 16.4 Å². The van der Waals surface area contributed by atoms with Gasteiger partial charge in [-0.2, -0.15) is 0 Å². The smallest absolute Gasteiger partial charge is 0.246 e. The van der Waals surface area contributed by atoms with Gasteiger partial charge in [0, 0.05) is 0 Å². The maximum atomic E-state index is 12.4. The molecule has 0 aliphatic heterocycles. The Hall–Kier alpha value is -1.46. The quantitative estimate of drug-likeness (QED) is 0.892. The van der Waals surface area contributed by atoms with Crippen LogP contribution in [0, 0.1) is 5.92 Å². The van der Waals surface area contributed by atoms with Gasteiger partial charge in [-0.25, -0.2) is 4.98 Å². The molecular formula is C15H19N3OS. The van der Waals surface area contributed by atoms with Crippen molar-refractivity contribution >= 4 is 32.6 Å². The predicted octanol–water partition coefficient (Wildman–Crippen LogP) is 3.14. The molecule has 2 atom stereocenters. The number of carbonyl (C=O) groups is 1. The van der Waals surface area contributed by atoms with Gasteiger partial charge in [0.25, 0.3) is 0 Å². The number of aromatic nitrogens is 1. The summed E-state index contributed by atoms with van der Waals surface area (Å²) in [7, 11) is 0. The molecule has 0 radical (unpaired) electrons. The van der Waals surface area contributed by atoms with Gasteiger partial charge in [0.1, 0.15) is 0 Å². The van der Waals surface area contributed by atoms with Crippen LogP contribution in [0.1, 0.15) is 32.6 Å². The van der Waals surface area contributed by atoms with E-state index in [9.17, 15) is 4.79 Å². The summed E-state index contributed by atoms with van der Waals surface area (Å²) in [5.41, 5.74) is 6.47. The van der Waals surface area contributed by atoms with Crippen molar-refractivity contribution in [2.75, 3.05) is 5.32 Å². The fraction of sp³-hybridized carbons (Fsp3) is 0.467. The number of thiazole rings is 1. The highest BCUT2D eigenvalue weighted by molar-refractivity contribution is 7.22. The van der Waals surface area contributed by atoms with Gasteiger partial charge in [-0.3, -0.25) is 4.79 Å². The topological polar surface area (TPSA) is 68.0 Å². The summed E-state index contributed by atoms with van der Waals surface area (Å²) in [6.45, 7) is 2.16. The minimum Gasteiger partial charge on any atom is -0.317 e. The minimum absolute atomic E-state index is 0.0943. The predicted molar refractivity (Wildman–Crippen MR) is 82.8 cm³/mol. The fourth-order valence-corrected chi connectivity index (χ4v) is 3.81. The zero-order chi connectivity index (χ0) is 14.2. The van der Waals surface area contributed by atoms with Gasteiger partial charge < -0.3 is 11.1 Å². The Labute approximate surface area is 122 Å². The monoisotopic (exact) mass is 289 g/mol. The third-order valence-corrected chi connectivity index (χ3v) is 4.95. The average molecular weight is 289 g/mol. The van der Waals surface area contributed by atoms with E-state index in [1.807, 2.05) is 24.3 Å². The van der Waals surface area contributed by atoms with E-state index < -0.39 is 5.54 Å². The molecule has 0 saturated heterocycles. The van der Waals surface area contributed by atoms with Crippen molar-refractivity contribution in [2.45, 2.75) is 38.1 Å². The lowest BCUT2D eigenvalue weighted by Crippen LogP contribution is -2.53. The first-order chi connectivity index (χ1) is 9.57. The number of hydrogen-bond donors (Lipinski definition) is 2. The number of amides is 1. The molecule has 1 aromatic carbocycles. The number of fused-ring (bicyclic) bond motifs is 1. The van der Waals surface area contributed by atoms with Gasteiger partial charge in [0.2, 0.25) is 5.91 Å². The molecule has 1 fully saturated rings. The zero-order valence-electron chi connectivity index (χ0n) is 11.6. The Kier molecular flexibility index (Phi) is 3.48. The van der Waals surface area contributed by atoms with Crippen LogP contribution in [-0.2, 0) is 4.79 Å². The molecule has 0 spiro atoms. The minimum atomic E-state index is -0.741. The van der Waals surface area contributed by atoms with E-state index in [0.717, 1.165) is 35.9 Å². The lowest BCUT2D eigenvalue weighted by Gasteiger charge is -2.34. The molecule has 2 aromatic rings. The third kappa shape index (κ3) is 2.55.